The third-order valence-electron chi connectivity index (χ3n) is 3.20. The Morgan fingerprint density at radius 3 is 2.81 bits per heavy atom. The zero-order chi connectivity index (χ0) is 15.1. The van der Waals surface area contributed by atoms with Gasteiger partial charge in [-0.15, -0.1) is 0 Å². The summed E-state index contributed by atoms with van der Waals surface area (Å²) in [7, 11) is 0. The van der Waals surface area contributed by atoms with Crippen molar-refractivity contribution in [3.05, 3.63) is 42.2 Å². The molecule has 1 heterocycles. The molecule has 5 nitrogen and oxygen atoms in total. The highest BCUT2D eigenvalue weighted by Gasteiger charge is 2.05. The summed E-state index contributed by atoms with van der Waals surface area (Å²) in [6.45, 7) is 6.03. The maximum atomic E-state index is 5.97. The summed E-state index contributed by atoms with van der Waals surface area (Å²) in [5.41, 5.74) is 10.4. The number of anilines is 3. The van der Waals surface area contributed by atoms with Crippen molar-refractivity contribution in [3.8, 4) is 0 Å². The summed E-state index contributed by atoms with van der Waals surface area (Å²) >= 11 is 0. The molecule has 5 heteroatoms. The van der Waals surface area contributed by atoms with Crippen LogP contribution in [0.25, 0.3) is 0 Å². The van der Waals surface area contributed by atoms with E-state index in [-0.39, 0.29) is 6.04 Å². The highest BCUT2D eigenvalue weighted by Crippen LogP contribution is 2.22. The molecular formula is C16H24N4O. The molecule has 1 aromatic carbocycles. The first-order valence-corrected chi connectivity index (χ1v) is 7.26. The lowest BCUT2D eigenvalue weighted by atomic mass is 10.1. The number of ether oxygens (including phenoxy) is 1. The van der Waals surface area contributed by atoms with Gasteiger partial charge in [0.1, 0.15) is 0 Å². The lowest BCUT2D eigenvalue weighted by Gasteiger charge is -2.16. The van der Waals surface area contributed by atoms with Gasteiger partial charge in [0.25, 0.3) is 0 Å². The minimum absolute atomic E-state index is 0.00186. The van der Waals surface area contributed by atoms with Gasteiger partial charge in [0.15, 0.2) is 0 Å². The van der Waals surface area contributed by atoms with Gasteiger partial charge in [-0.2, -0.15) is 0 Å². The van der Waals surface area contributed by atoms with Crippen molar-refractivity contribution in [1.82, 2.24) is 4.98 Å². The minimum Gasteiger partial charge on any atom is -0.383 e. The monoisotopic (exact) mass is 288 g/mol. The molecule has 0 saturated carbocycles. The fourth-order valence-corrected chi connectivity index (χ4v) is 2.08. The van der Waals surface area contributed by atoms with Crippen LogP contribution in [0.1, 0.15) is 12.5 Å². The van der Waals surface area contributed by atoms with Crippen molar-refractivity contribution in [2.75, 3.05) is 30.4 Å². The van der Waals surface area contributed by atoms with E-state index in [2.05, 4.69) is 40.7 Å². The molecule has 0 amide bonds. The lowest BCUT2D eigenvalue weighted by molar-refractivity contribution is 0.136. The van der Waals surface area contributed by atoms with Gasteiger partial charge in [0.2, 0.25) is 0 Å². The molecule has 0 spiro atoms. The van der Waals surface area contributed by atoms with Crippen LogP contribution in [0, 0.1) is 6.92 Å². The lowest BCUT2D eigenvalue weighted by Crippen LogP contribution is -2.33. The second-order valence-corrected chi connectivity index (χ2v) is 5.05. The number of nitrogens with two attached hydrogens (primary N) is 1. The average Bonchev–Trinajstić information content (AvgIpc) is 2.97. The van der Waals surface area contributed by atoms with E-state index in [0.717, 1.165) is 17.1 Å². The van der Waals surface area contributed by atoms with Crippen LogP contribution in [0.4, 0.5) is 17.1 Å². The SMILES string of the molecule is CCOC[C@H](N)CNc1ccc(Nc2cc[nH]c2)cc1C. The van der Waals surface area contributed by atoms with E-state index in [0.29, 0.717) is 19.8 Å². The molecule has 0 bridgehead atoms. The van der Waals surface area contributed by atoms with E-state index >= 15 is 0 Å². The van der Waals surface area contributed by atoms with Gasteiger partial charge in [-0.05, 0) is 43.7 Å². The van der Waals surface area contributed by atoms with Crippen molar-refractivity contribution in [2.24, 2.45) is 5.73 Å². The zero-order valence-electron chi connectivity index (χ0n) is 12.6. The van der Waals surface area contributed by atoms with E-state index in [4.69, 9.17) is 10.5 Å². The van der Waals surface area contributed by atoms with E-state index in [1.54, 1.807) is 0 Å². The Morgan fingerprint density at radius 1 is 1.29 bits per heavy atom. The molecule has 2 aromatic rings. The van der Waals surface area contributed by atoms with Crippen LogP contribution in [0.15, 0.2) is 36.7 Å². The van der Waals surface area contributed by atoms with Crippen molar-refractivity contribution in [3.63, 3.8) is 0 Å². The fourth-order valence-electron chi connectivity index (χ4n) is 2.08. The smallest absolute Gasteiger partial charge is 0.0634 e. The minimum atomic E-state index is 0.00186. The third kappa shape index (κ3) is 4.81. The van der Waals surface area contributed by atoms with Crippen LogP contribution in [-0.2, 0) is 4.74 Å². The first-order valence-electron chi connectivity index (χ1n) is 7.26. The Morgan fingerprint density at radius 2 is 2.14 bits per heavy atom. The van der Waals surface area contributed by atoms with Crippen molar-refractivity contribution in [1.29, 1.82) is 0 Å². The van der Waals surface area contributed by atoms with Crippen LogP contribution in [-0.4, -0.2) is 30.8 Å². The maximum Gasteiger partial charge on any atom is 0.0634 e. The maximum absolute atomic E-state index is 5.97. The highest BCUT2D eigenvalue weighted by molar-refractivity contribution is 5.64. The molecule has 0 saturated heterocycles. The number of nitrogens with one attached hydrogen (secondary N) is 3. The van der Waals surface area contributed by atoms with Crippen LogP contribution < -0.4 is 16.4 Å². The summed E-state index contributed by atoms with van der Waals surface area (Å²) in [6.07, 6.45) is 3.82. The molecule has 0 aliphatic rings. The second-order valence-electron chi connectivity index (χ2n) is 5.05. The molecule has 21 heavy (non-hydrogen) atoms. The van der Waals surface area contributed by atoms with Crippen molar-refractivity contribution in [2.45, 2.75) is 19.9 Å². The second kappa shape index (κ2) is 7.71. The molecule has 0 aliphatic carbocycles. The largest absolute Gasteiger partial charge is 0.383 e. The normalized spacial score (nSPS) is 12.1. The van der Waals surface area contributed by atoms with Gasteiger partial charge in [-0.25, -0.2) is 0 Å². The van der Waals surface area contributed by atoms with Gasteiger partial charge in [-0.3, -0.25) is 0 Å². The topological polar surface area (TPSA) is 75.1 Å². The number of hydrogen-bond donors (Lipinski definition) is 4. The van der Waals surface area contributed by atoms with Crippen molar-refractivity contribution < 1.29 is 4.74 Å². The van der Waals surface area contributed by atoms with Crippen LogP contribution >= 0.6 is 0 Å². The summed E-state index contributed by atoms with van der Waals surface area (Å²) < 4.78 is 5.31. The number of rotatable bonds is 8. The first kappa shape index (κ1) is 15.4. The first-order chi connectivity index (χ1) is 10.2. The average molecular weight is 288 g/mol. The standard InChI is InChI=1S/C16H24N4O/c1-3-21-11-13(17)9-19-16-5-4-14(8-12(16)2)20-15-6-7-18-10-15/h4-8,10,13,18-20H,3,9,11,17H2,1-2H3/t13-/m1/s1. The van der Waals surface area contributed by atoms with E-state index in [1.807, 2.05) is 25.4 Å². The van der Waals surface area contributed by atoms with Gasteiger partial charge < -0.3 is 26.1 Å². The molecule has 0 radical (unpaired) electrons. The zero-order valence-corrected chi connectivity index (χ0v) is 12.6. The van der Waals surface area contributed by atoms with Crippen molar-refractivity contribution >= 4 is 17.1 Å². The predicted octanol–water partition coefficient (Wildman–Crippen LogP) is 2.84. The summed E-state index contributed by atoms with van der Waals surface area (Å²) in [4.78, 5) is 3.02. The molecule has 114 valence electrons. The van der Waals surface area contributed by atoms with Gasteiger partial charge >= 0.3 is 0 Å². The summed E-state index contributed by atoms with van der Waals surface area (Å²) in [6, 6.07) is 8.23. The highest BCUT2D eigenvalue weighted by atomic mass is 16.5. The predicted molar refractivity (Wildman–Crippen MR) is 88.2 cm³/mol. The quantitative estimate of drug-likeness (QED) is 0.602. The Balaban J connectivity index is 1.90. The Bertz CT molecular complexity index is 539. The molecule has 1 atom stereocenters. The Kier molecular flexibility index (Phi) is 5.66. The molecule has 2 rings (SSSR count). The van der Waals surface area contributed by atoms with Crippen LogP contribution in [0.5, 0.6) is 0 Å². The third-order valence-corrected chi connectivity index (χ3v) is 3.20. The molecule has 0 aliphatic heterocycles. The van der Waals surface area contributed by atoms with E-state index < -0.39 is 0 Å². The number of aromatic amines is 1. The van der Waals surface area contributed by atoms with Gasteiger partial charge in [-0.1, -0.05) is 0 Å². The number of benzene rings is 1. The van der Waals surface area contributed by atoms with Gasteiger partial charge in [0, 0.05) is 43.0 Å². The Labute approximate surface area is 125 Å². The van der Waals surface area contributed by atoms with E-state index in [9.17, 15) is 0 Å². The fraction of sp³-hybridized carbons (Fsp3) is 0.375. The number of H-pyrrole nitrogens is 1. The summed E-state index contributed by atoms with van der Waals surface area (Å²) in [5.74, 6) is 0. The summed E-state index contributed by atoms with van der Waals surface area (Å²) in [5, 5.41) is 6.71. The molecule has 1 aromatic heterocycles. The molecule has 0 fully saturated rings. The molecular weight excluding hydrogens is 264 g/mol. The Hall–Kier alpha value is -1.98. The van der Waals surface area contributed by atoms with Crippen LogP contribution in [0.3, 0.4) is 0 Å². The molecule has 0 unspecified atom stereocenters. The number of hydrogen-bond acceptors (Lipinski definition) is 4. The van der Waals surface area contributed by atoms with Gasteiger partial charge in [0.05, 0.1) is 12.3 Å². The van der Waals surface area contributed by atoms with E-state index in [1.165, 1.54) is 5.56 Å². The molecule has 5 N–H and O–H groups in total. The number of aryl methyl sites for hydroxylation is 1. The van der Waals surface area contributed by atoms with Crippen LogP contribution in [0.2, 0.25) is 0 Å². The number of aromatic nitrogens is 1.